The molecule has 0 bridgehead atoms. The van der Waals surface area contributed by atoms with Gasteiger partial charge in [-0.25, -0.2) is 14.8 Å². The molecule has 5 heteroatoms. The van der Waals surface area contributed by atoms with Crippen molar-refractivity contribution in [1.82, 2.24) is 10.4 Å². The van der Waals surface area contributed by atoms with Gasteiger partial charge < -0.3 is 0 Å². The van der Waals surface area contributed by atoms with Crippen molar-refractivity contribution in [2.45, 2.75) is 13.8 Å². The summed E-state index contributed by atoms with van der Waals surface area (Å²) in [6.45, 7) is 4.22. The van der Waals surface area contributed by atoms with Gasteiger partial charge in [-0.15, -0.1) is 0 Å². The van der Waals surface area contributed by atoms with Crippen LogP contribution in [0.4, 0.5) is 0 Å². The molecule has 2 atom stereocenters. The number of nitrogens with one attached hydrogen (secondary N) is 1. The molecular weight excluding hydrogens is 184 g/mol. The van der Waals surface area contributed by atoms with Gasteiger partial charge in [-0.3, -0.25) is 10.2 Å². The second-order valence-electron chi connectivity index (χ2n) is 3.59. The Labute approximate surface area is 85.3 Å². The van der Waals surface area contributed by atoms with Gasteiger partial charge in [0.2, 0.25) is 5.91 Å². The van der Waals surface area contributed by atoms with Gasteiger partial charge in [0.05, 0.1) is 13.7 Å². The molecule has 0 aliphatic rings. The molecule has 0 aliphatic heterocycles. The first-order valence-electron chi connectivity index (χ1n) is 4.62. The van der Waals surface area contributed by atoms with Gasteiger partial charge in [0.15, 0.2) is 0 Å². The number of hydrazine groups is 1. The van der Waals surface area contributed by atoms with Crippen LogP contribution in [0.3, 0.4) is 0 Å². The molecule has 0 aliphatic carbocycles. The maximum absolute atomic E-state index is 11.5. The number of carbonyl (C=O) groups is 1. The van der Waals surface area contributed by atoms with E-state index in [0.717, 1.165) is 0 Å². The Hall–Kier alpha value is -0.650. The van der Waals surface area contributed by atoms with Gasteiger partial charge in [-0.05, 0) is 5.92 Å². The van der Waals surface area contributed by atoms with Crippen molar-refractivity contribution < 1.29 is 14.6 Å². The van der Waals surface area contributed by atoms with E-state index in [-0.39, 0.29) is 17.7 Å². The number of amides is 1. The first-order chi connectivity index (χ1) is 6.49. The Kier molecular flexibility index (Phi) is 6.44. The van der Waals surface area contributed by atoms with Crippen LogP contribution in [-0.2, 0) is 14.6 Å². The van der Waals surface area contributed by atoms with Gasteiger partial charge in [0, 0.05) is 20.0 Å². The van der Waals surface area contributed by atoms with E-state index in [0.29, 0.717) is 6.61 Å². The number of carbonyl (C=O) groups excluding carboxylic acids is 1. The van der Waals surface area contributed by atoms with Crippen LogP contribution in [0.25, 0.3) is 0 Å². The van der Waals surface area contributed by atoms with Crippen molar-refractivity contribution in [1.29, 1.82) is 0 Å². The fraction of sp³-hybridized carbons (Fsp3) is 0.889. The predicted octanol–water partition coefficient (Wildman–Crippen LogP) is 0.429. The van der Waals surface area contributed by atoms with Crippen molar-refractivity contribution in [3.8, 4) is 0 Å². The summed E-state index contributed by atoms with van der Waals surface area (Å²) < 4.78 is 0. The van der Waals surface area contributed by atoms with Crippen molar-refractivity contribution >= 4 is 5.91 Å². The maximum atomic E-state index is 11.5. The second kappa shape index (κ2) is 6.75. The van der Waals surface area contributed by atoms with E-state index in [1.165, 1.54) is 7.11 Å². The molecule has 0 fully saturated rings. The minimum Gasteiger partial charge on any atom is -0.289 e. The molecule has 0 rings (SSSR count). The zero-order valence-electron chi connectivity index (χ0n) is 9.53. The molecule has 14 heavy (non-hydrogen) atoms. The standard InChI is InChI=1S/C9H20N2O3/c1-7(6-14-13-5)8(2)9(12)10-11(3)4/h7-8H,6H2,1-5H3,(H,10,12). The highest BCUT2D eigenvalue weighted by molar-refractivity contribution is 5.77. The molecule has 1 N–H and O–H groups in total. The summed E-state index contributed by atoms with van der Waals surface area (Å²) in [5.74, 6) is 0.00431. The van der Waals surface area contributed by atoms with Gasteiger partial charge >= 0.3 is 0 Å². The average Bonchev–Trinajstić information content (AvgIpc) is 2.11. The Balaban J connectivity index is 3.90. The summed E-state index contributed by atoms with van der Waals surface area (Å²) >= 11 is 0. The smallest absolute Gasteiger partial charge is 0.237 e. The SMILES string of the molecule is COOCC(C)C(C)C(=O)NN(C)C. The third kappa shape index (κ3) is 5.16. The summed E-state index contributed by atoms with van der Waals surface area (Å²) in [6.07, 6.45) is 0. The van der Waals surface area contributed by atoms with Crippen molar-refractivity contribution in [2.24, 2.45) is 11.8 Å². The van der Waals surface area contributed by atoms with Crippen LogP contribution in [0.2, 0.25) is 0 Å². The molecule has 1 amide bonds. The summed E-state index contributed by atoms with van der Waals surface area (Å²) in [7, 11) is 5.01. The highest BCUT2D eigenvalue weighted by Crippen LogP contribution is 2.11. The summed E-state index contributed by atoms with van der Waals surface area (Å²) in [5, 5.41) is 1.63. The van der Waals surface area contributed by atoms with Crippen LogP contribution in [0.5, 0.6) is 0 Å². The minimum absolute atomic E-state index is 0.0118. The number of hydrogen-bond acceptors (Lipinski definition) is 4. The Morgan fingerprint density at radius 3 is 2.43 bits per heavy atom. The molecule has 0 aromatic carbocycles. The molecule has 5 nitrogen and oxygen atoms in total. The van der Waals surface area contributed by atoms with Crippen molar-refractivity contribution in [3.05, 3.63) is 0 Å². The molecule has 0 radical (unpaired) electrons. The van der Waals surface area contributed by atoms with E-state index >= 15 is 0 Å². The Morgan fingerprint density at radius 2 is 2.00 bits per heavy atom. The van der Waals surface area contributed by atoms with Gasteiger partial charge in [-0.1, -0.05) is 13.8 Å². The summed E-state index contributed by atoms with van der Waals surface area (Å²) in [6, 6.07) is 0. The molecule has 0 saturated carbocycles. The van der Waals surface area contributed by atoms with E-state index < -0.39 is 0 Å². The Morgan fingerprint density at radius 1 is 1.43 bits per heavy atom. The largest absolute Gasteiger partial charge is 0.289 e. The fourth-order valence-electron chi connectivity index (χ4n) is 0.900. The normalized spacial score (nSPS) is 15.3. The molecule has 0 spiro atoms. The lowest BCUT2D eigenvalue weighted by Gasteiger charge is -2.20. The van der Waals surface area contributed by atoms with Gasteiger partial charge in [-0.2, -0.15) is 0 Å². The lowest BCUT2D eigenvalue weighted by atomic mass is 9.96. The van der Waals surface area contributed by atoms with Gasteiger partial charge in [0.1, 0.15) is 0 Å². The quantitative estimate of drug-likeness (QED) is 0.503. The molecule has 0 aromatic rings. The fourth-order valence-corrected chi connectivity index (χ4v) is 0.900. The first kappa shape index (κ1) is 13.4. The van der Waals surface area contributed by atoms with E-state index in [1.54, 1.807) is 19.1 Å². The van der Waals surface area contributed by atoms with Crippen molar-refractivity contribution in [3.63, 3.8) is 0 Å². The molecule has 2 unspecified atom stereocenters. The zero-order chi connectivity index (χ0) is 11.1. The van der Waals surface area contributed by atoms with E-state index in [4.69, 9.17) is 4.89 Å². The second-order valence-corrected chi connectivity index (χ2v) is 3.59. The molecular formula is C9H20N2O3. The summed E-state index contributed by atoms with van der Waals surface area (Å²) in [5.41, 5.74) is 2.70. The van der Waals surface area contributed by atoms with Crippen LogP contribution in [0, 0.1) is 11.8 Å². The minimum atomic E-state index is -0.104. The lowest BCUT2D eigenvalue weighted by Crippen LogP contribution is -2.41. The van der Waals surface area contributed by atoms with E-state index in [9.17, 15) is 4.79 Å². The van der Waals surface area contributed by atoms with E-state index in [1.807, 2.05) is 13.8 Å². The van der Waals surface area contributed by atoms with Crippen LogP contribution in [0.15, 0.2) is 0 Å². The van der Waals surface area contributed by atoms with E-state index in [2.05, 4.69) is 10.3 Å². The van der Waals surface area contributed by atoms with Crippen LogP contribution < -0.4 is 5.43 Å². The number of rotatable bonds is 6. The monoisotopic (exact) mass is 204 g/mol. The number of hydrogen-bond donors (Lipinski definition) is 1. The Bertz CT molecular complexity index is 173. The summed E-state index contributed by atoms with van der Waals surface area (Å²) in [4.78, 5) is 20.8. The molecule has 84 valence electrons. The average molecular weight is 204 g/mol. The highest BCUT2D eigenvalue weighted by atomic mass is 17.2. The third-order valence-electron chi connectivity index (χ3n) is 2.05. The van der Waals surface area contributed by atoms with Gasteiger partial charge in [0.25, 0.3) is 0 Å². The predicted molar refractivity (Wildman–Crippen MR) is 53.1 cm³/mol. The highest BCUT2D eigenvalue weighted by Gasteiger charge is 2.20. The van der Waals surface area contributed by atoms with Crippen LogP contribution in [0.1, 0.15) is 13.8 Å². The van der Waals surface area contributed by atoms with Crippen LogP contribution in [-0.4, -0.2) is 38.7 Å². The lowest BCUT2D eigenvalue weighted by molar-refractivity contribution is -0.280. The molecule has 0 saturated heterocycles. The number of nitrogens with zero attached hydrogens (tertiary/aromatic N) is 1. The topological polar surface area (TPSA) is 50.8 Å². The zero-order valence-corrected chi connectivity index (χ0v) is 9.53. The van der Waals surface area contributed by atoms with Crippen molar-refractivity contribution in [2.75, 3.05) is 27.8 Å². The maximum Gasteiger partial charge on any atom is 0.237 e. The molecule has 0 aromatic heterocycles. The molecule has 0 heterocycles. The van der Waals surface area contributed by atoms with Crippen LogP contribution >= 0.6 is 0 Å². The third-order valence-corrected chi connectivity index (χ3v) is 2.05. The first-order valence-corrected chi connectivity index (χ1v) is 4.62.